The average molecular weight is 168 g/mol. The summed E-state index contributed by atoms with van der Waals surface area (Å²) in [6.07, 6.45) is 0. The Bertz CT molecular complexity index is 252. The van der Waals surface area contributed by atoms with Gasteiger partial charge in [-0.2, -0.15) is 0 Å². The van der Waals surface area contributed by atoms with E-state index in [0.29, 0.717) is 6.04 Å². The number of nitrogens with one attached hydrogen (secondary N) is 1. The van der Waals surface area contributed by atoms with Crippen molar-refractivity contribution in [1.29, 1.82) is 0 Å². The monoisotopic (exact) mass is 168 g/mol. The van der Waals surface area contributed by atoms with E-state index < -0.39 is 0 Å². The number of hydrogen-bond acceptors (Lipinski definition) is 3. The molecule has 0 fully saturated rings. The van der Waals surface area contributed by atoms with Gasteiger partial charge in [-0.25, -0.2) is 0 Å². The Balaban J connectivity index is 2.58. The standard InChI is InChI=1S/C8H16N4/c1-6(2)9-5-8-7(3)12(4)11-10-8/h6,9H,5H2,1-4H3. The molecule has 12 heavy (non-hydrogen) atoms. The summed E-state index contributed by atoms with van der Waals surface area (Å²) in [4.78, 5) is 0. The maximum absolute atomic E-state index is 4.04. The first-order valence-electron chi connectivity index (χ1n) is 4.19. The van der Waals surface area contributed by atoms with Crippen LogP contribution in [-0.4, -0.2) is 21.0 Å². The second-order valence-corrected chi connectivity index (χ2v) is 3.28. The molecule has 0 atom stereocenters. The van der Waals surface area contributed by atoms with Crippen molar-refractivity contribution in [2.75, 3.05) is 0 Å². The maximum atomic E-state index is 4.04. The van der Waals surface area contributed by atoms with Crippen LogP contribution in [0, 0.1) is 6.92 Å². The van der Waals surface area contributed by atoms with E-state index in [0.717, 1.165) is 17.9 Å². The first kappa shape index (κ1) is 9.19. The molecule has 1 rings (SSSR count). The van der Waals surface area contributed by atoms with Crippen LogP contribution in [0.5, 0.6) is 0 Å². The highest BCUT2D eigenvalue weighted by atomic mass is 15.4. The van der Waals surface area contributed by atoms with Crippen LogP contribution < -0.4 is 5.32 Å². The molecule has 0 bridgehead atoms. The normalized spacial score (nSPS) is 11.1. The van der Waals surface area contributed by atoms with Crippen LogP contribution in [0.1, 0.15) is 25.2 Å². The third kappa shape index (κ3) is 2.04. The van der Waals surface area contributed by atoms with Crippen LogP contribution in [0.25, 0.3) is 0 Å². The molecule has 0 aliphatic carbocycles. The Hall–Kier alpha value is -0.900. The van der Waals surface area contributed by atoms with Crippen molar-refractivity contribution in [1.82, 2.24) is 20.3 Å². The molecule has 0 amide bonds. The SMILES string of the molecule is Cc1c(CNC(C)C)nnn1C. The molecule has 1 heterocycles. The van der Waals surface area contributed by atoms with E-state index >= 15 is 0 Å². The first-order valence-corrected chi connectivity index (χ1v) is 4.19. The van der Waals surface area contributed by atoms with Crippen LogP contribution in [0.3, 0.4) is 0 Å². The largest absolute Gasteiger partial charge is 0.309 e. The predicted molar refractivity (Wildman–Crippen MR) is 47.7 cm³/mol. The van der Waals surface area contributed by atoms with Crippen molar-refractivity contribution >= 4 is 0 Å². The molecule has 1 aromatic rings. The van der Waals surface area contributed by atoms with Gasteiger partial charge >= 0.3 is 0 Å². The molecule has 68 valence electrons. The molecule has 4 nitrogen and oxygen atoms in total. The van der Waals surface area contributed by atoms with Crippen LogP contribution in [-0.2, 0) is 13.6 Å². The molecule has 4 heteroatoms. The molecule has 0 spiro atoms. The van der Waals surface area contributed by atoms with E-state index in [4.69, 9.17) is 0 Å². The van der Waals surface area contributed by atoms with E-state index in [9.17, 15) is 0 Å². The molecular formula is C8H16N4. The van der Waals surface area contributed by atoms with Gasteiger partial charge in [-0.15, -0.1) is 5.10 Å². The van der Waals surface area contributed by atoms with Crippen molar-refractivity contribution in [2.45, 2.75) is 33.4 Å². The molecular weight excluding hydrogens is 152 g/mol. The summed E-state index contributed by atoms with van der Waals surface area (Å²) < 4.78 is 1.79. The number of nitrogens with zero attached hydrogens (tertiary/aromatic N) is 3. The molecule has 0 saturated heterocycles. The van der Waals surface area contributed by atoms with E-state index in [-0.39, 0.29) is 0 Å². The highest BCUT2D eigenvalue weighted by Crippen LogP contribution is 2.00. The summed E-state index contributed by atoms with van der Waals surface area (Å²) in [5.74, 6) is 0. The minimum Gasteiger partial charge on any atom is -0.309 e. The van der Waals surface area contributed by atoms with Gasteiger partial charge in [0, 0.05) is 19.6 Å². The Morgan fingerprint density at radius 2 is 2.17 bits per heavy atom. The Morgan fingerprint density at radius 1 is 1.50 bits per heavy atom. The minimum absolute atomic E-state index is 0.492. The van der Waals surface area contributed by atoms with Crippen molar-refractivity contribution in [2.24, 2.45) is 7.05 Å². The quantitative estimate of drug-likeness (QED) is 0.719. The van der Waals surface area contributed by atoms with Gasteiger partial charge in [-0.05, 0) is 6.92 Å². The topological polar surface area (TPSA) is 42.7 Å². The van der Waals surface area contributed by atoms with Gasteiger partial charge in [0.05, 0.1) is 11.4 Å². The zero-order valence-electron chi connectivity index (χ0n) is 8.13. The number of hydrogen-bond donors (Lipinski definition) is 1. The Morgan fingerprint density at radius 3 is 2.58 bits per heavy atom. The lowest BCUT2D eigenvalue weighted by molar-refractivity contribution is 0.579. The summed E-state index contributed by atoms with van der Waals surface area (Å²) >= 11 is 0. The van der Waals surface area contributed by atoms with Crippen LogP contribution >= 0.6 is 0 Å². The lowest BCUT2D eigenvalue weighted by atomic mass is 10.3. The second-order valence-electron chi connectivity index (χ2n) is 3.28. The van der Waals surface area contributed by atoms with Gasteiger partial charge in [0.25, 0.3) is 0 Å². The lowest BCUT2D eigenvalue weighted by Gasteiger charge is -2.05. The molecule has 0 aliphatic heterocycles. The molecule has 0 aliphatic rings. The Labute approximate surface area is 73.0 Å². The van der Waals surface area contributed by atoms with E-state index in [2.05, 4.69) is 29.5 Å². The minimum atomic E-state index is 0.492. The lowest BCUT2D eigenvalue weighted by Crippen LogP contribution is -2.22. The van der Waals surface area contributed by atoms with Crippen molar-refractivity contribution in [3.63, 3.8) is 0 Å². The fourth-order valence-electron chi connectivity index (χ4n) is 0.911. The third-order valence-electron chi connectivity index (χ3n) is 1.88. The third-order valence-corrected chi connectivity index (χ3v) is 1.88. The highest BCUT2D eigenvalue weighted by Gasteiger charge is 2.04. The molecule has 0 unspecified atom stereocenters. The summed E-state index contributed by atoms with van der Waals surface area (Å²) in [5, 5.41) is 11.3. The van der Waals surface area contributed by atoms with Gasteiger partial charge in [0.1, 0.15) is 0 Å². The maximum Gasteiger partial charge on any atom is 0.0993 e. The predicted octanol–water partition coefficient (Wildman–Crippen LogP) is 0.622. The van der Waals surface area contributed by atoms with Crippen LogP contribution in [0.2, 0.25) is 0 Å². The molecule has 0 aromatic carbocycles. The van der Waals surface area contributed by atoms with Gasteiger partial charge in [0.2, 0.25) is 0 Å². The van der Waals surface area contributed by atoms with Crippen molar-refractivity contribution in [3.8, 4) is 0 Å². The second kappa shape index (κ2) is 3.67. The van der Waals surface area contributed by atoms with E-state index in [1.165, 1.54) is 0 Å². The summed E-state index contributed by atoms with van der Waals surface area (Å²) in [6, 6.07) is 0.492. The zero-order chi connectivity index (χ0) is 9.14. The van der Waals surface area contributed by atoms with Crippen LogP contribution in [0.4, 0.5) is 0 Å². The Kier molecular flexibility index (Phi) is 2.81. The highest BCUT2D eigenvalue weighted by molar-refractivity contribution is 5.06. The van der Waals surface area contributed by atoms with Crippen molar-refractivity contribution in [3.05, 3.63) is 11.4 Å². The van der Waals surface area contributed by atoms with Gasteiger partial charge in [-0.1, -0.05) is 19.1 Å². The van der Waals surface area contributed by atoms with Crippen LogP contribution in [0.15, 0.2) is 0 Å². The van der Waals surface area contributed by atoms with E-state index in [1.807, 2.05) is 14.0 Å². The van der Waals surface area contributed by atoms with Gasteiger partial charge in [-0.3, -0.25) is 4.68 Å². The zero-order valence-corrected chi connectivity index (χ0v) is 8.13. The summed E-state index contributed by atoms with van der Waals surface area (Å²) in [7, 11) is 1.90. The summed E-state index contributed by atoms with van der Waals surface area (Å²) in [5.41, 5.74) is 2.16. The number of rotatable bonds is 3. The summed E-state index contributed by atoms with van der Waals surface area (Å²) in [6.45, 7) is 7.06. The number of aryl methyl sites for hydroxylation is 1. The van der Waals surface area contributed by atoms with Crippen molar-refractivity contribution < 1.29 is 0 Å². The molecule has 1 aromatic heterocycles. The molecule has 1 N–H and O–H groups in total. The van der Waals surface area contributed by atoms with Gasteiger partial charge in [0.15, 0.2) is 0 Å². The smallest absolute Gasteiger partial charge is 0.0993 e. The van der Waals surface area contributed by atoms with Gasteiger partial charge < -0.3 is 5.32 Å². The molecule has 0 radical (unpaired) electrons. The number of aromatic nitrogens is 3. The fraction of sp³-hybridized carbons (Fsp3) is 0.750. The average Bonchev–Trinajstić information content (AvgIpc) is 2.30. The van der Waals surface area contributed by atoms with E-state index in [1.54, 1.807) is 4.68 Å². The first-order chi connectivity index (χ1) is 5.61. The fourth-order valence-corrected chi connectivity index (χ4v) is 0.911. The molecule has 0 saturated carbocycles.